The van der Waals surface area contributed by atoms with E-state index in [2.05, 4.69) is 10.9 Å². The Labute approximate surface area is 115 Å². The van der Waals surface area contributed by atoms with E-state index in [1.165, 1.54) is 0 Å². The first kappa shape index (κ1) is 15.5. The molecule has 0 unspecified atom stereocenters. The van der Waals surface area contributed by atoms with Crippen molar-refractivity contribution >= 4 is 17.8 Å². The van der Waals surface area contributed by atoms with Crippen molar-refractivity contribution in [2.75, 3.05) is 6.61 Å². The molecular formula is C13H16N2O5. The van der Waals surface area contributed by atoms with Crippen LogP contribution < -0.4 is 15.6 Å². The highest BCUT2D eigenvalue weighted by molar-refractivity contribution is 5.84. The summed E-state index contributed by atoms with van der Waals surface area (Å²) < 4.78 is 5.22. The van der Waals surface area contributed by atoms with Gasteiger partial charge in [0.15, 0.2) is 6.61 Å². The summed E-state index contributed by atoms with van der Waals surface area (Å²) in [6, 6.07) is 7.19. The van der Waals surface area contributed by atoms with Crippen molar-refractivity contribution in [1.82, 2.24) is 10.9 Å². The highest BCUT2D eigenvalue weighted by atomic mass is 16.5. The van der Waals surface area contributed by atoms with E-state index in [0.717, 1.165) is 5.56 Å². The molecule has 0 spiro atoms. The quantitative estimate of drug-likeness (QED) is 0.654. The number of hydrogen-bond acceptors (Lipinski definition) is 4. The van der Waals surface area contributed by atoms with Gasteiger partial charge < -0.3 is 9.84 Å². The van der Waals surface area contributed by atoms with Crippen LogP contribution in [0, 0.1) is 6.92 Å². The molecule has 20 heavy (non-hydrogen) atoms. The number of carboxylic acid groups (broad SMARTS) is 1. The number of carbonyl (C=O) groups is 3. The van der Waals surface area contributed by atoms with E-state index in [4.69, 9.17) is 9.84 Å². The van der Waals surface area contributed by atoms with Crippen LogP contribution in [-0.2, 0) is 14.4 Å². The van der Waals surface area contributed by atoms with Gasteiger partial charge in [0.2, 0.25) is 5.91 Å². The van der Waals surface area contributed by atoms with Gasteiger partial charge in [-0.3, -0.25) is 25.2 Å². The number of nitrogens with one attached hydrogen (secondary N) is 2. The van der Waals surface area contributed by atoms with Crippen LogP contribution in [0.4, 0.5) is 0 Å². The Morgan fingerprint density at radius 1 is 1.15 bits per heavy atom. The normalized spacial score (nSPS) is 9.65. The number of aryl methyl sites for hydroxylation is 1. The molecule has 7 heteroatoms. The molecule has 1 rings (SSSR count). The average Bonchev–Trinajstić information content (AvgIpc) is 2.40. The molecular weight excluding hydrogens is 264 g/mol. The van der Waals surface area contributed by atoms with Crippen molar-refractivity contribution in [3.05, 3.63) is 29.8 Å². The first-order chi connectivity index (χ1) is 9.47. The highest BCUT2D eigenvalue weighted by Gasteiger charge is 2.07. The summed E-state index contributed by atoms with van der Waals surface area (Å²) in [5.41, 5.74) is 5.24. The summed E-state index contributed by atoms with van der Waals surface area (Å²) in [5, 5.41) is 8.39. The van der Waals surface area contributed by atoms with E-state index in [1.807, 2.05) is 13.0 Å². The van der Waals surface area contributed by atoms with Crippen LogP contribution >= 0.6 is 0 Å². The van der Waals surface area contributed by atoms with Crippen LogP contribution in [0.1, 0.15) is 18.4 Å². The van der Waals surface area contributed by atoms with Gasteiger partial charge in [-0.05, 0) is 24.6 Å². The fourth-order valence-corrected chi connectivity index (χ4v) is 1.31. The molecule has 108 valence electrons. The third-order valence-electron chi connectivity index (χ3n) is 2.27. The monoisotopic (exact) mass is 280 g/mol. The number of hydrogen-bond donors (Lipinski definition) is 3. The zero-order chi connectivity index (χ0) is 15.0. The molecule has 0 aliphatic carbocycles. The van der Waals surface area contributed by atoms with Crippen LogP contribution in [0.2, 0.25) is 0 Å². The van der Waals surface area contributed by atoms with Gasteiger partial charge in [-0.25, -0.2) is 0 Å². The third kappa shape index (κ3) is 6.39. The van der Waals surface area contributed by atoms with Crippen molar-refractivity contribution in [3.63, 3.8) is 0 Å². The van der Waals surface area contributed by atoms with Crippen LogP contribution in [0.3, 0.4) is 0 Å². The van der Waals surface area contributed by atoms with Crippen LogP contribution in [0.25, 0.3) is 0 Å². The highest BCUT2D eigenvalue weighted by Crippen LogP contribution is 2.11. The Balaban J connectivity index is 2.23. The molecule has 1 aromatic rings. The number of carbonyl (C=O) groups excluding carboxylic acids is 2. The number of ether oxygens (including phenoxy) is 1. The lowest BCUT2D eigenvalue weighted by atomic mass is 10.2. The minimum atomic E-state index is -1.07. The van der Waals surface area contributed by atoms with Crippen molar-refractivity contribution in [2.45, 2.75) is 19.8 Å². The molecule has 0 aromatic heterocycles. The summed E-state index contributed by atoms with van der Waals surface area (Å²) >= 11 is 0. The standard InChI is InChI=1S/C13H16N2O5/c1-9-3-2-4-10(7-9)20-8-12(17)15-14-11(16)5-6-13(18)19/h2-4,7H,5-6,8H2,1H3,(H,14,16)(H,15,17)(H,18,19). The van der Waals surface area contributed by atoms with Crippen LogP contribution in [0.5, 0.6) is 5.75 Å². The molecule has 0 aliphatic rings. The predicted molar refractivity (Wildman–Crippen MR) is 69.8 cm³/mol. The predicted octanol–water partition coefficient (Wildman–Crippen LogP) is 0.386. The summed E-state index contributed by atoms with van der Waals surface area (Å²) in [6.45, 7) is 1.65. The van der Waals surface area contributed by atoms with E-state index in [-0.39, 0.29) is 19.4 Å². The molecule has 0 fully saturated rings. The maximum atomic E-state index is 11.4. The van der Waals surface area contributed by atoms with Crippen molar-refractivity contribution in [1.29, 1.82) is 0 Å². The Morgan fingerprint density at radius 2 is 1.85 bits per heavy atom. The second kappa shape index (κ2) is 7.78. The van der Waals surface area contributed by atoms with Gasteiger partial charge >= 0.3 is 5.97 Å². The second-order valence-corrected chi connectivity index (χ2v) is 4.10. The first-order valence-electron chi connectivity index (χ1n) is 5.96. The van der Waals surface area contributed by atoms with Gasteiger partial charge in [-0.1, -0.05) is 12.1 Å². The van der Waals surface area contributed by atoms with Gasteiger partial charge in [0.1, 0.15) is 5.75 Å². The number of aliphatic carboxylic acids is 1. The van der Waals surface area contributed by atoms with E-state index >= 15 is 0 Å². The molecule has 7 nitrogen and oxygen atoms in total. The van der Waals surface area contributed by atoms with E-state index in [1.54, 1.807) is 18.2 Å². The largest absolute Gasteiger partial charge is 0.484 e. The lowest BCUT2D eigenvalue weighted by molar-refractivity contribution is -0.139. The SMILES string of the molecule is Cc1cccc(OCC(=O)NNC(=O)CCC(=O)O)c1. The molecule has 0 heterocycles. The Morgan fingerprint density at radius 3 is 2.50 bits per heavy atom. The van der Waals surface area contributed by atoms with Crippen LogP contribution in [0.15, 0.2) is 24.3 Å². The fourth-order valence-electron chi connectivity index (χ4n) is 1.31. The molecule has 2 amide bonds. The number of hydrazine groups is 1. The molecule has 0 saturated carbocycles. The Bertz CT molecular complexity index is 501. The van der Waals surface area contributed by atoms with E-state index in [9.17, 15) is 14.4 Å². The number of amides is 2. The maximum Gasteiger partial charge on any atom is 0.303 e. The second-order valence-electron chi connectivity index (χ2n) is 4.10. The molecule has 1 aromatic carbocycles. The number of benzene rings is 1. The maximum absolute atomic E-state index is 11.4. The molecule has 3 N–H and O–H groups in total. The minimum Gasteiger partial charge on any atom is -0.484 e. The number of rotatable bonds is 6. The van der Waals surface area contributed by atoms with Gasteiger partial charge in [0.25, 0.3) is 5.91 Å². The Kier molecular flexibility index (Phi) is 6.02. The van der Waals surface area contributed by atoms with Gasteiger partial charge in [0.05, 0.1) is 6.42 Å². The van der Waals surface area contributed by atoms with Gasteiger partial charge in [-0.2, -0.15) is 0 Å². The average molecular weight is 280 g/mol. The smallest absolute Gasteiger partial charge is 0.303 e. The van der Waals surface area contributed by atoms with Gasteiger partial charge in [-0.15, -0.1) is 0 Å². The van der Waals surface area contributed by atoms with Gasteiger partial charge in [0, 0.05) is 6.42 Å². The molecule has 0 atom stereocenters. The van der Waals surface area contributed by atoms with E-state index in [0.29, 0.717) is 5.75 Å². The van der Waals surface area contributed by atoms with E-state index < -0.39 is 17.8 Å². The van der Waals surface area contributed by atoms with Crippen molar-refractivity contribution < 1.29 is 24.2 Å². The first-order valence-corrected chi connectivity index (χ1v) is 5.96. The zero-order valence-corrected chi connectivity index (χ0v) is 11.0. The summed E-state index contributed by atoms with van der Waals surface area (Å²) in [5.74, 6) is -1.63. The molecule has 0 saturated heterocycles. The molecule has 0 radical (unpaired) electrons. The van der Waals surface area contributed by atoms with Crippen molar-refractivity contribution in [2.24, 2.45) is 0 Å². The minimum absolute atomic E-state index is 0.200. The summed E-state index contributed by atoms with van der Waals surface area (Å²) in [7, 11) is 0. The topological polar surface area (TPSA) is 105 Å². The Hall–Kier alpha value is -2.57. The summed E-state index contributed by atoms with van der Waals surface area (Å²) in [4.78, 5) is 32.8. The van der Waals surface area contributed by atoms with Crippen molar-refractivity contribution in [3.8, 4) is 5.75 Å². The molecule has 0 bridgehead atoms. The number of carboxylic acids is 1. The van der Waals surface area contributed by atoms with Crippen LogP contribution in [-0.4, -0.2) is 29.5 Å². The summed E-state index contributed by atoms with van der Waals surface area (Å²) in [6.07, 6.45) is -0.490. The lowest BCUT2D eigenvalue weighted by Crippen LogP contribution is -2.43. The molecule has 0 aliphatic heterocycles. The third-order valence-corrected chi connectivity index (χ3v) is 2.27. The fraction of sp³-hybridized carbons (Fsp3) is 0.308. The lowest BCUT2D eigenvalue weighted by Gasteiger charge is -2.08. The zero-order valence-electron chi connectivity index (χ0n) is 11.0.